The van der Waals surface area contributed by atoms with Crippen LogP contribution in [0.2, 0.25) is 0 Å². The van der Waals surface area contributed by atoms with Gasteiger partial charge in [0.05, 0.1) is 5.39 Å². The molecule has 2 aromatic heterocycles. The molecule has 0 amide bonds. The van der Waals surface area contributed by atoms with Crippen LogP contribution in [0.15, 0.2) is 30.7 Å². The molecule has 158 valence electrons. The van der Waals surface area contributed by atoms with E-state index in [1.165, 1.54) is 44.3 Å². The van der Waals surface area contributed by atoms with E-state index in [9.17, 15) is 4.39 Å². The van der Waals surface area contributed by atoms with Gasteiger partial charge in [0, 0.05) is 30.9 Å². The Labute approximate surface area is 180 Å². The first kappa shape index (κ1) is 19.8. The van der Waals surface area contributed by atoms with Gasteiger partial charge in [-0.3, -0.25) is 4.72 Å². The molecule has 1 aliphatic heterocycles. The summed E-state index contributed by atoms with van der Waals surface area (Å²) in [5, 5.41) is 0.818. The van der Waals surface area contributed by atoms with Gasteiger partial charge in [0.2, 0.25) is 0 Å². The van der Waals surface area contributed by atoms with E-state index in [4.69, 9.17) is 5.73 Å². The highest BCUT2D eigenvalue weighted by molar-refractivity contribution is 7.96. The number of hydrogen-bond acceptors (Lipinski definition) is 6. The summed E-state index contributed by atoms with van der Waals surface area (Å²) in [6.07, 6.45) is 9.21. The van der Waals surface area contributed by atoms with E-state index < -0.39 is 0 Å². The van der Waals surface area contributed by atoms with Gasteiger partial charge in [-0.25, -0.2) is 14.4 Å². The van der Waals surface area contributed by atoms with E-state index in [1.807, 2.05) is 12.3 Å². The zero-order valence-electron chi connectivity index (χ0n) is 17.1. The van der Waals surface area contributed by atoms with Crippen molar-refractivity contribution < 1.29 is 4.39 Å². The summed E-state index contributed by atoms with van der Waals surface area (Å²) in [7, 11) is 0. The van der Waals surface area contributed by atoms with Crippen LogP contribution in [0.1, 0.15) is 30.9 Å². The highest BCUT2D eigenvalue weighted by Gasteiger charge is 2.34. The van der Waals surface area contributed by atoms with Gasteiger partial charge in [-0.15, -0.1) is 0 Å². The molecule has 1 aromatic carbocycles. The molecule has 3 aromatic rings. The Morgan fingerprint density at radius 3 is 2.80 bits per heavy atom. The molecule has 1 aliphatic carbocycles. The predicted molar refractivity (Wildman–Crippen MR) is 121 cm³/mol. The van der Waals surface area contributed by atoms with Crippen LogP contribution >= 0.6 is 11.9 Å². The van der Waals surface area contributed by atoms with Gasteiger partial charge in [0.1, 0.15) is 23.6 Å². The molecular formula is C22H27FN6S. The summed E-state index contributed by atoms with van der Waals surface area (Å²) in [6.45, 7) is 4.29. The molecule has 30 heavy (non-hydrogen) atoms. The fourth-order valence-corrected chi connectivity index (χ4v) is 4.99. The van der Waals surface area contributed by atoms with Crippen LogP contribution in [0.3, 0.4) is 0 Å². The van der Waals surface area contributed by atoms with Crippen LogP contribution in [0, 0.1) is 11.7 Å². The minimum Gasteiger partial charge on any atom is -0.383 e. The Balaban J connectivity index is 1.48. The van der Waals surface area contributed by atoms with Crippen molar-refractivity contribution in [2.24, 2.45) is 5.92 Å². The summed E-state index contributed by atoms with van der Waals surface area (Å²) < 4.78 is 19.8. The van der Waals surface area contributed by atoms with Crippen molar-refractivity contribution in [1.82, 2.24) is 24.2 Å². The number of likely N-dealkylation sites (tertiary alicyclic amines) is 1. The number of hydrogen-bond donors (Lipinski definition) is 2. The third kappa shape index (κ3) is 3.68. The summed E-state index contributed by atoms with van der Waals surface area (Å²) in [5.74, 6) is 0.937. The minimum atomic E-state index is -0.250. The lowest BCUT2D eigenvalue weighted by atomic mass is 9.79. The number of anilines is 1. The first-order valence-corrected chi connectivity index (χ1v) is 11.7. The molecule has 1 saturated heterocycles. The number of fused-ring (bicyclic) bond motifs is 1. The molecular weight excluding hydrogens is 399 g/mol. The Kier molecular flexibility index (Phi) is 5.39. The number of nitrogen functional groups attached to an aromatic ring is 1. The monoisotopic (exact) mass is 426 g/mol. The highest BCUT2D eigenvalue weighted by atomic mass is 32.2. The van der Waals surface area contributed by atoms with Crippen LogP contribution in [-0.4, -0.2) is 45.3 Å². The smallest absolute Gasteiger partial charge is 0.146 e. The Morgan fingerprint density at radius 2 is 2.07 bits per heavy atom. The van der Waals surface area contributed by atoms with Crippen LogP contribution in [0.25, 0.3) is 22.2 Å². The van der Waals surface area contributed by atoms with Gasteiger partial charge < -0.3 is 15.2 Å². The number of rotatable bonds is 7. The van der Waals surface area contributed by atoms with E-state index in [2.05, 4.69) is 30.4 Å². The Morgan fingerprint density at radius 1 is 1.23 bits per heavy atom. The maximum absolute atomic E-state index is 14.4. The summed E-state index contributed by atoms with van der Waals surface area (Å²) in [5.41, 5.74) is 9.72. The molecule has 0 spiro atoms. The average Bonchev–Trinajstić information content (AvgIpc) is 3.04. The topological polar surface area (TPSA) is 72.0 Å². The quantitative estimate of drug-likeness (QED) is 0.559. The number of nitrogens with zero attached hydrogens (tertiary/aromatic N) is 4. The number of benzene rings is 1. The second-order valence-electron chi connectivity index (χ2n) is 8.43. The highest BCUT2D eigenvalue weighted by Crippen LogP contribution is 2.43. The van der Waals surface area contributed by atoms with Crippen LogP contribution < -0.4 is 10.5 Å². The maximum Gasteiger partial charge on any atom is 0.146 e. The van der Waals surface area contributed by atoms with Crippen molar-refractivity contribution >= 4 is 28.8 Å². The van der Waals surface area contributed by atoms with Crippen molar-refractivity contribution in [1.29, 1.82) is 0 Å². The third-order valence-corrected chi connectivity index (χ3v) is 6.83. The van der Waals surface area contributed by atoms with Crippen molar-refractivity contribution in [3.05, 3.63) is 42.1 Å². The normalized spacial score (nSPS) is 21.5. The van der Waals surface area contributed by atoms with E-state index in [0.717, 1.165) is 46.5 Å². The van der Waals surface area contributed by atoms with Gasteiger partial charge in [-0.1, -0.05) is 11.9 Å². The summed E-state index contributed by atoms with van der Waals surface area (Å²) in [6, 6.07) is 5.57. The second-order valence-corrected chi connectivity index (χ2v) is 9.12. The van der Waals surface area contributed by atoms with Crippen molar-refractivity contribution in [3.63, 3.8) is 0 Å². The fourth-order valence-electron chi connectivity index (χ4n) is 4.68. The Hall–Kier alpha value is -2.16. The fraction of sp³-hybridized carbons (Fsp3) is 0.455. The van der Waals surface area contributed by atoms with E-state index >= 15 is 0 Å². The number of aromatic nitrogens is 3. The lowest BCUT2D eigenvalue weighted by Crippen LogP contribution is -2.43. The van der Waals surface area contributed by atoms with Crippen molar-refractivity contribution in [2.45, 2.75) is 31.8 Å². The molecule has 8 heteroatoms. The molecule has 3 N–H and O–H groups in total. The first-order valence-electron chi connectivity index (χ1n) is 10.5. The lowest BCUT2D eigenvalue weighted by Gasteiger charge is -2.42. The van der Waals surface area contributed by atoms with Gasteiger partial charge in [-0.2, -0.15) is 0 Å². The summed E-state index contributed by atoms with van der Waals surface area (Å²) in [4.78, 5) is 11.3. The zero-order valence-corrected chi connectivity index (χ0v) is 18.0. The average molecular weight is 427 g/mol. The number of nitrogens with one attached hydrogen (secondary N) is 1. The Bertz CT molecular complexity index is 1060. The standard InChI is InChI=1S/C22H27FN6S/c1-30-27-10-14-5-16(9-17(23)6-14)19-12-29(22-20(19)21(24)25-13-26-22)18-7-15(8-18)11-28-3-2-4-28/h5-6,9,12-13,15,18,27H,2-4,7-8,10-11H2,1H3,(H2,24,25,26). The van der Waals surface area contributed by atoms with Crippen LogP contribution in [-0.2, 0) is 6.54 Å². The van der Waals surface area contributed by atoms with Gasteiger partial charge in [0.15, 0.2) is 0 Å². The van der Waals surface area contributed by atoms with Crippen LogP contribution in [0.4, 0.5) is 10.2 Å². The molecule has 3 heterocycles. The van der Waals surface area contributed by atoms with Crippen molar-refractivity contribution in [3.8, 4) is 11.1 Å². The number of halogens is 1. The molecule has 0 bridgehead atoms. The third-order valence-electron chi connectivity index (χ3n) is 6.40. The van der Waals surface area contributed by atoms with E-state index in [-0.39, 0.29) is 5.82 Å². The molecule has 0 unspecified atom stereocenters. The van der Waals surface area contributed by atoms with Crippen molar-refractivity contribution in [2.75, 3.05) is 31.6 Å². The predicted octanol–water partition coefficient (Wildman–Crippen LogP) is 3.84. The SMILES string of the molecule is CSNCc1cc(F)cc(-c2cn(C3CC(CN4CCC4)C3)c3ncnc(N)c23)c1. The van der Waals surface area contributed by atoms with Crippen LogP contribution in [0.5, 0.6) is 0 Å². The maximum atomic E-state index is 14.4. The molecule has 0 atom stereocenters. The van der Waals surface area contributed by atoms with Gasteiger partial charge in [-0.05, 0) is 73.9 Å². The molecule has 2 fully saturated rings. The zero-order chi connectivity index (χ0) is 20.7. The molecule has 2 aliphatic rings. The molecule has 1 saturated carbocycles. The lowest BCUT2D eigenvalue weighted by molar-refractivity contribution is 0.0921. The van der Waals surface area contributed by atoms with Gasteiger partial charge >= 0.3 is 0 Å². The molecule has 6 nitrogen and oxygen atoms in total. The minimum absolute atomic E-state index is 0.250. The number of nitrogens with two attached hydrogens (primary N) is 1. The molecule has 5 rings (SSSR count). The molecule has 0 radical (unpaired) electrons. The second kappa shape index (κ2) is 8.17. The first-order chi connectivity index (χ1) is 14.6. The van der Waals surface area contributed by atoms with Gasteiger partial charge in [0.25, 0.3) is 0 Å². The van der Waals surface area contributed by atoms with E-state index in [0.29, 0.717) is 18.4 Å². The van der Waals surface area contributed by atoms with E-state index in [1.54, 1.807) is 12.1 Å². The largest absolute Gasteiger partial charge is 0.383 e. The summed E-state index contributed by atoms with van der Waals surface area (Å²) >= 11 is 1.52.